The molecular weight excluding hydrogens is 422 g/mol. The maximum atomic E-state index is 14.1. The van der Waals surface area contributed by atoms with Crippen LogP contribution in [0.2, 0.25) is 10.0 Å². The Morgan fingerprint density at radius 3 is 2.43 bits per heavy atom. The molecular formula is C23H23Cl2FN4. The topological polar surface area (TPSA) is 24.3 Å². The van der Waals surface area contributed by atoms with Gasteiger partial charge in [-0.15, -0.1) is 0 Å². The first-order valence-corrected chi connectivity index (χ1v) is 10.7. The van der Waals surface area contributed by atoms with Crippen molar-refractivity contribution in [2.45, 2.75) is 6.92 Å². The van der Waals surface area contributed by atoms with Gasteiger partial charge in [0, 0.05) is 59.7 Å². The fourth-order valence-electron chi connectivity index (χ4n) is 3.69. The lowest BCUT2D eigenvalue weighted by Crippen LogP contribution is -2.46. The maximum absolute atomic E-state index is 14.1. The van der Waals surface area contributed by atoms with Crippen LogP contribution in [0, 0.1) is 12.7 Å². The third kappa shape index (κ3) is 4.69. The van der Waals surface area contributed by atoms with Gasteiger partial charge in [-0.25, -0.2) is 9.07 Å². The molecule has 30 heavy (non-hydrogen) atoms. The summed E-state index contributed by atoms with van der Waals surface area (Å²) in [4.78, 5) is 4.70. The summed E-state index contributed by atoms with van der Waals surface area (Å²) >= 11 is 12.3. The number of benzene rings is 2. The summed E-state index contributed by atoms with van der Waals surface area (Å²) in [6.07, 6.45) is 5.98. The van der Waals surface area contributed by atoms with Crippen molar-refractivity contribution in [2.75, 3.05) is 37.6 Å². The number of anilines is 1. The van der Waals surface area contributed by atoms with Crippen LogP contribution in [-0.2, 0) is 0 Å². The highest BCUT2D eigenvalue weighted by molar-refractivity contribution is 6.35. The third-order valence-electron chi connectivity index (χ3n) is 5.37. The minimum atomic E-state index is -0.280. The zero-order chi connectivity index (χ0) is 21.1. The molecule has 0 spiro atoms. The second-order valence-corrected chi connectivity index (χ2v) is 8.24. The smallest absolute Gasteiger partial charge is 0.148 e. The Kier molecular flexibility index (Phi) is 6.42. The van der Waals surface area contributed by atoms with Crippen LogP contribution in [0.5, 0.6) is 0 Å². The van der Waals surface area contributed by atoms with Crippen LogP contribution in [0.15, 0.2) is 54.7 Å². The Morgan fingerprint density at radius 2 is 1.73 bits per heavy atom. The van der Waals surface area contributed by atoms with E-state index in [1.165, 1.54) is 6.07 Å². The fraction of sp³-hybridized carbons (Fsp3) is 0.261. The summed E-state index contributed by atoms with van der Waals surface area (Å²) in [6, 6.07) is 12.3. The molecule has 156 valence electrons. The molecule has 0 amide bonds. The SMILES string of the molecule is Cc1c(C=CCN2CCN(c3cc(Cl)cc(Cl)c3)CC2)cnn1-c1ccccc1F. The molecule has 0 atom stereocenters. The van der Waals surface area contributed by atoms with Gasteiger partial charge in [-0.2, -0.15) is 5.10 Å². The Labute approximate surface area is 186 Å². The maximum Gasteiger partial charge on any atom is 0.148 e. The number of hydrogen-bond acceptors (Lipinski definition) is 3. The van der Waals surface area contributed by atoms with Crippen molar-refractivity contribution in [3.05, 3.63) is 81.9 Å². The third-order valence-corrected chi connectivity index (χ3v) is 5.81. The Hall–Kier alpha value is -2.34. The molecule has 1 aliphatic rings. The number of para-hydroxylation sites is 1. The monoisotopic (exact) mass is 444 g/mol. The second kappa shape index (κ2) is 9.21. The molecule has 0 unspecified atom stereocenters. The molecule has 1 aliphatic heterocycles. The normalized spacial score (nSPS) is 15.3. The molecule has 1 fully saturated rings. The highest BCUT2D eigenvalue weighted by Gasteiger charge is 2.17. The second-order valence-electron chi connectivity index (χ2n) is 7.37. The highest BCUT2D eigenvalue weighted by atomic mass is 35.5. The number of piperazine rings is 1. The molecule has 3 aromatic rings. The van der Waals surface area contributed by atoms with Crippen LogP contribution < -0.4 is 4.90 Å². The van der Waals surface area contributed by atoms with Gasteiger partial charge in [0.1, 0.15) is 11.5 Å². The van der Waals surface area contributed by atoms with Gasteiger partial charge in [0.25, 0.3) is 0 Å². The van der Waals surface area contributed by atoms with Crippen LogP contribution in [0.3, 0.4) is 0 Å². The van der Waals surface area contributed by atoms with Crippen molar-refractivity contribution in [3.63, 3.8) is 0 Å². The van der Waals surface area contributed by atoms with Crippen molar-refractivity contribution in [1.29, 1.82) is 0 Å². The predicted octanol–water partition coefficient (Wildman–Crippen LogP) is 5.46. The van der Waals surface area contributed by atoms with E-state index in [9.17, 15) is 4.39 Å². The summed E-state index contributed by atoms with van der Waals surface area (Å²) < 4.78 is 15.7. The Bertz CT molecular complexity index is 1030. The number of nitrogens with zero attached hydrogens (tertiary/aromatic N) is 4. The van der Waals surface area contributed by atoms with Crippen molar-refractivity contribution < 1.29 is 4.39 Å². The van der Waals surface area contributed by atoms with Gasteiger partial charge in [0.05, 0.1) is 6.20 Å². The van der Waals surface area contributed by atoms with Gasteiger partial charge in [0.15, 0.2) is 0 Å². The standard InChI is InChI=1S/C23H23Cl2FN4/c1-17-18(16-27-30(17)23-7-3-2-6-22(23)26)5-4-8-28-9-11-29(12-10-28)21-14-19(24)13-20(25)15-21/h2-7,13-16H,8-12H2,1H3. The molecule has 0 N–H and O–H groups in total. The minimum Gasteiger partial charge on any atom is -0.369 e. The Morgan fingerprint density at radius 1 is 1.03 bits per heavy atom. The zero-order valence-electron chi connectivity index (χ0n) is 16.7. The van der Waals surface area contributed by atoms with E-state index >= 15 is 0 Å². The average Bonchev–Trinajstić information content (AvgIpc) is 3.08. The molecule has 2 heterocycles. The van der Waals surface area contributed by atoms with E-state index < -0.39 is 0 Å². The molecule has 4 nitrogen and oxygen atoms in total. The molecule has 0 radical (unpaired) electrons. The first-order valence-electron chi connectivity index (χ1n) is 9.91. The lowest BCUT2D eigenvalue weighted by molar-refractivity contribution is 0.284. The number of hydrogen-bond donors (Lipinski definition) is 0. The van der Waals surface area contributed by atoms with E-state index in [-0.39, 0.29) is 5.82 Å². The van der Waals surface area contributed by atoms with Crippen LogP contribution in [0.25, 0.3) is 11.8 Å². The molecule has 7 heteroatoms. The number of rotatable bonds is 5. The summed E-state index contributed by atoms with van der Waals surface area (Å²) in [5.41, 5.74) is 3.44. The lowest BCUT2D eigenvalue weighted by Gasteiger charge is -2.35. The van der Waals surface area contributed by atoms with Gasteiger partial charge < -0.3 is 4.90 Å². The van der Waals surface area contributed by atoms with Gasteiger partial charge in [0.2, 0.25) is 0 Å². The number of halogens is 3. The lowest BCUT2D eigenvalue weighted by atomic mass is 10.2. The summed E-state index contributed by atoms with van der Waals surface area (Å²) in [5, 5.41) is 5.68. The van der Waals surface area contributed by atoms with E-state index in [4.69, 9.17) is 23.2 Å². The minimum absolute atomic E-state index is 0.280. The van der Waals surface area contributed by atoms with Crippen molar-refractivity contribution in [1.82, 2.24) is 14.7 Å². The first kappa shape index (κ1) is 20.9. The van der Waals surface area contributed by atoms with E-state index in [2.05, 4.69) is 27.1 Å². The van der Waals surface area contributed by atoms with Crippen LogP contribution in [0.4, 0.5) is 10.1 Å². The summed E-state index contributed by atoms with van der Waals surface area (Å²) in [7, 11) is 0. The quantitative estimate of drug-likeness (QED) is 0.521. The van der Waals surface area contributed by atoms with E-state index in [1.54, 1.807) is 29.1 Å². The molecule has 0 saturated carbocycles. The van der Waals surface area contributed by atoms with Crippen LogP contribution >= 0.6 is 23.2 Å². The van der Waals surface area contributed by atoms with E-state index in [0.29, 0.717) is 15.7 Å². The largest absolute Gasteiger partial charge is 0.369 e. The van der Waals surface area contributed by atoms with Gasteiger partial charge in [-0.1, -0.05) is 47.5 Å². The number of aromatic nitrogens is 2. The highest BCUT2D eigenvalue weighted by Crippen LogP contribution is 2.26. The van der Waals surface area contributed by atoms with Crippen molar-refractivity contribution >= 4 is 35.0 Å². The van der Waals surface area contributed by atoms with E-state index in [1.807, 2.05) is 25.1 Å². The van der Waals surface area contributed by atoms with Crippen LogP contribution in [0.1, 0.15) is 11.3 Å². The molecule has 0 aliphatic carbocycles. The zero-order valence-corrected chi connectivity index (χ0v) is 18.2. The summed E-state index contributed by atoms with van der Waals surface area (Å²) in [6.45, 7) is 6.58. The molecule has 1 aromatic heterocycles. The van der Waals surface area contributed by atoms with Gasteiger partial charge in [-0.05, 0) is 37.3 Å². The predicted molar refractivity (Wildman–Crippen MR) is 122 cm³/mol. The molecule has 0 bridgehead atoms. The first-order chi connectivity index (χ1) is 14.5. The summed E-state index contributed by atoms with van der Waals surface area (Å²) in [5.74, 6) is -0.280. The molecule has 4 rings (SSSR count). The Balaban J connectivity index is 1.34. The molecule has 2 aromatic carbocycles. The van der Waals surface area contributed by atoms with Crippen molar-refractivity contribution in [2.24, 2.45) is 0 Å². The van der Waals surface area contributed by atoms with E-state index in [0.717, 1.165) is 49.7 Å². The van der Waals surface area contributed by atoms with Gasteiger partial charge >= 0.3 is 0 Å². The van der Waals surface area contributed by atoms with Crippen molar-refractivity contribution in [3.8, 4) is 5.69 Å². The molecule has 1 saturated heterocycles. The average molecular weight is 445 g/mol. The fourth-order valence-corrected chi connectivity index (χ4v) is 4.21. The van der Waals surface area contributed by atoms with Crippen LogP contribution in [-0.4, -0.2) is 47.4 Å². The van der Waals surface area contributed by atoms with Gasteiger partial charge in [-0.3, -0.25) is 4.90 Å².